The molecule has 2 fully saturated rings. The number of hydrogen-bond donors (Lipinski definition) is 2. The molecule has 3 unspecified atom stereocenters. The Kier molecular flexibility index (Phi) is 4.10. The maximum atomic E-state index is 8.36. The van der Waals surface area contributed by atoms with Crippen LogP contribution < -0.4 is 5.43 Å². The molecule has 2 aliphatic heterocycles. The summed E-state index contributed by atoms with van der Waals surface area (Å²) in [6, 6.07) is 0. The Balaban J connectivity index is 0.000000381. The van der Waals surface area contributed by atoms with Crippen molar-refractivity contribution in [1.82, 2.24) is 10.6 Å². The van der Waals surface area contributed by atoms with Gasteiger partial charge in [0.05, 0.1) is 6.61 Å². The topological polar surface area (TPSA) is 80.7 Å². The fourth-order valence-corrected chi connectivity index (χ4v) is 1.17. The van der Waals surface area contributed by atoms with Crippen LogP contribution in [0.25, 0.3) is 0 Å². The minimum atomic E-state index is -0.250. The van der Waals surface area contributed by atoms with Crippen molar-refractivity contribution >= 4 is 6.47 Å². The van der Waals surface area contributed by atoms with Gasteiger partial charge in [0.1, 0.15) is 12.3 Å². The van der Waals surface area contributed by atoms with Crippen LogP contribution in [0.2, 0.25) is 0 Å². The number of ether oxygens (including phenoxy) is 1. The van der Waals surface area contributed by atoms with E-state index in [9.17, 15) is 0 Å². The number of rotatable bonds is 3. The number of fused-ring (bicyclic) bond motifs is 1. The van der Waals surface area contributed by atoms with E-state index in [0.29, 0.717) is 6.17 Å². The van der Waals surface area contributed by atoms with E-state index in [1.807, 2.05) is 6.92 Å². The Morgan fingerprint density at radius 1 is 1.92 bits per heavy atom. The van der Waals surface area contributed by atoms with Gasteiger partial charge in [0.2, 0.25) is 0 Å². The average molecular weight is 192 g/mol. The van der Waals surface area contributed by atoms with Gasteiger partial charge in [0, 0.05) is 14.5 Å². The number of nitrogens with one attached hydrogen (secondary N) is 1. The molecule has 3 atom stereocenters. The first kappa shape index (κ1) is 10.4. The van der Waals surface area contributed by atoms with Crippen molar-refractivity contribution in [2.75, 3.05) is 13.2 Å². The summed E-state index contributed by atoms with van der Waals surface area (Å²) in [5.74, 6) is 0. The first-order valence-corrected chi connectivity index (χ1v) is 4.19. The zero-order valence-electron chi connectivity index (χ0n) is 7.47. The molecule has 2 rings (SSSR count). The third kappa shape index (κ3) is 3.27. The Morgan fingerprint density at radius 3 is 3.08 bits per heavy atom. The number of hydrazine groups is 1. The molecule has 0 aliphatic carbocycles. The summed E-state index contributed by atoms with van der Waals surface area (Å²) in [7, 11) is 0. The molecule has 6 nitrogen and oxygen atoms in total. The lowest BCUT2D eigenvalue weighted by Gasteiger charge is -2.09. The van der Waals surface area contributed by atoms with Crippen LogP contribution in [0.15, 0.2) is 0 Å². The van der Waals surface area contributed by atoms with Gasteiger partial charge >= 0.3 is 0 Å². The van der Waals surface area contributed by atoms with Crippen molar-refractivity contribution in [2.24, 2.45) is 0 Å². The van der Waals surface area contributed by atoms with Crippen molar-refractivity contribution in [3.63, 3.8) is 0 Å². The predicted octanol–water partition coefficient (Wildman–Crippen LogP) is -0.180. The highest BCUT2D eigenvalue weighted by Gasteiger charge is 2.45. The molecule has 0 saturated carbocycles. The third-order valence-corrected chi connectivity index (χ3v) is 1.75. The van der Waals surface area contributed by atoms with E-state index in [2.05, 4.69) is 5.43 Å². The minimum absolute atomic E-state index is 0. The highest BCUT2D eigenvalue weighted by atomic mass is 16.8. The number of hydrogen-bond acceptors (Lipinski definition) is 5. The third-order valence-electron chi connectivity index (χ3n) is 1.75. The summed E-state index contributed by atoms with van der Waals surface area (Å²) in [6.07, 6.45) is 1.82. The van der Waals surface area contributed by atoms with Crippen LogP contribution in [0.5, 0.6) is 0 Å². The van der Waals surface area contributed by atoms with E-state index in [1.54, 1.807) is 5.17 Å². The van der Waals surface area contributed by atoms with Crippen LogP contribution in [0, 0.1) is 0 Å². The molecule has 0 spiro atoms. The number of carbonyl (C=O) groups is 1. The van der Waals surface area contributed by atoms with Crippen molar-refractivity contribution < 1.29 is 20.9 Å². The van der Waals surface area contributed by atoms with E-state index in [1.165, 1.54) is 0 Å². The lowest BCUT2D eigenvalue weighted by molar-refractivity contribution is -0.123. The first-order chi connectivity index (χ1) is 6.31. The lowest BCUT2D eigenvalue weighted by Crippen LogP contribution is -2.20. The van der Waals surface area contributed by atoms with Gasteiger partial charge in [0.15, 0.2) is 0 Å². The molecule has 0 bridgehead atoms. The lowest BCUT2D eigenvalue weighted by atomic mass is 10.3. The van der Waals surface area contributed by atoms with E-state index in [4.69, 9.17) is 19.5 Å². The van der Waals surface area contributed by atoms with Crippen LogP contribution in [0.4, 0.5) is 0 Å². The SMILES string of the molecule is CCOCC1CC2NN2O1.O=CO.[HH]. The number of nitrogens with zero attached hydrogens (tertiary/aromatic N) is 1. The molecular weight excluding hydrogens is 176 g/mol. The van der Waals surface area contributed by atoms with Gasteiger partial charge in [-0.2, -0.15) is 0 Å². The predicted molar refractivity (Wildman–Crippen MR) is 45.6 cm³/mol. The van der Waals surface area contributed by atoms with Crippen molar-refractivity contribution in [3.05, 3.63) is 0 Å². The molecule has 78 valence electrons. The molecule has 0 aromatic rings. The van der Waals surface area contributed by atoms with Crippen molar-refractivity contribution in [2.45, 2.75) is 25.6 Å². The van der Waals surface area contributed by atoms with Gasteiger partial charge in [0.25, 0.3) is 6.47 Å². The van der Waals surface area contributed by atoms with Gasteiger partial charge in [-0.15, -0.1) is 5.17 Å². The fourth-order valence-electron chi connectivity index (χ4n) is 1.17. The molecule has 2 saturated heterocycles. The van der Waals surface area contributed by atoms with Crippen molar-refractivity contribution in [3.8, 4) is 0 Å². The van der Waals surface area contributed by atoms with Crippen LogP contribution in [0.3, 0.4) is 0 Å². The molecule has 0 aromatic carbocycles. The summed E-state index contributed by atoms with van der Waals surface area (Å²) in [6.45, 7) is 3.25. The van der Waals surface area contributed by atoms with Gasteiger partial charge in [-0.25, -0.2) is 5.43 Å². The van der Waals surface area contributed by atoms with E-state index >= 15 is 0 Å². The molecule has 6 heteroatoms. The molecular formula is C7H16N2O4. The minimum Gasteiger partial charge on any atom is -0.483 e. The van der Waals surface area contributed by atoms with Gasteiger partial charge in [-0.05, 0) is 6.92 Å². The number of hydroxylamine groups is 1. The van der Waals surface area contributed by atoms with Gasteiger partial charge in [-0.1, -0.05) is 0 Å². The summed E-state index contributed by atoms with van der Waals surface area (Å²) in [5.41, 5.74) is 3.03. The highest BCUT2D eigenvalue weighted by Crippen LogP contribution is 2.26. The molecule has 0 radical (unpaired) electrons. The normalized spacial score (nSPS) is 34.4. The molecule has 0 amide bonds. The molecule has 2 N–H and O–H groups in total. The van der Waals surface area contributed by atoms with Gasteiger partial charge in [-0.3, -0.25) is 9.63 Å². The Labute approximate surface area is 77.8 Å². The monoisotopic (exact) mass is 192 g/mol. The second-order valence-electron chi connectivity index (χ2n) is 2.70. The average Bonchev–Trinajstić information content (AvgIpc) is 2.72. The zero-order valence-corrected chi connectivity index (χ0v) is 7.47. The second-order valence-corrected chi connectivity index (χ2v) is 2.70. The quantitative estimate of drug-likeness (QED) is 0.477. The maximum Gasteiger partial charge on any atom is 0.290 e. The smallest absolute Gasteiger partial charge is 0.290 e. The summed E-state index contributed by atoms with van der Waals surface area (Å²) < 4.78 is 5.21. The molecule has 2 aliphatic rings. The van der Waals surface area contributed by atoms with E-state index < -0.39 is 0 Å². The van der Waals surface area contributed by atoms with Gasteiger partial charge < -0.3 is 9.84 Å². The molecule has 13 heavy (non-hydrogen) atoms. The fraction of sp³-hybridized carbons (Fsp3) is 0.857. The Bertz CT molecular complexity index is 162. The largest absolute Gasteiger partial charge is 0.483 e. The molecule has 2 heterocycles. The summed E-state index contributed by atoms with van der Waals surface area (Å²) in [4.78, 5) is 13.7. The summed E-state index contributed by atoms with van der Waals surface area (Å²) >= 11 is 0. The van der Waals surface area contributed by atoms with Crippen LogP contribution in [0.1, 0.15) is 14.8 Å². The Morgan fingerprint density at radius 2 is 2.62 bits per heavy atom. The summed E-state index contributed by atoms with van der Waals surface area (Å²) in [5, 5.41) is 8.67. The maximum absolute atomic E-state index is 8.36. The van der Waals surface area contributed by atoms with Crippen molar-refractivity contribution in [1.29, 1.82) is 0 Å². The van der Waals surface area contributed by atoms with Crippen LogP contribution >= 0.6 is 0 Å². The Hall–Kier alpha value is -0.690. The van der Waals surface area contributed by atoms with E-state index in [-0.39, 0.29) is 14.0 Å². The van der Waals surface area contributed by atoms with Crippen LogP contribution in [-0.4, -0.2) is 42.2 Å². The highest BCUT2D eigenvalue weighted by molar-refractivity contribution is 5.32. The van der Waals surface area contributed by atoms with E-state index in [0.717, 1.165) is 19.6 Å². The standard InChI is InChI=1S/C6H12N2O2.CH2O2.H2/c1-2-9-4-5-3-6-7-8(6)10-5;2-1-3;/h5-7H,2-4H2,1H3;1H,(H,2,3);1H. The zero-order chi connectivity index (χ0) is 9.68. The molecule has 0 aromatic heterocycles. The van der Waals surface area contributed by atoms with Crippen LogP contribution in [-0.2, 0) is 14.4 Å². The first-order valence-electron chi connectivity index (χ1n) is 4.19. The second kappa shape index (κ2) is 5.13. The number of carboxylic acid groups (broad SMARTS) is 1.